The summed E-state index contributed by atoms with van der Waals surface area (Å²) in [6, 6.07) is 16.9. The van der Waals surface area contributed by atoms with Crippen molar-refractivity contribution in [2.75, 3.05) is 12.0 Å². The number of carbonyl (C=O) groups excluding carboxylic acids is 3. The molecule has 3 aromatic carbocycles. The van der Waals surface area contributed by atoms with E-state index in [1.54, 1.807) is 37.3 Å². The maximum Gasteiger partial charge on any atom is 0.335 e. The molecule has 1 heterocycles. The van der Waals surface area contributed by atoms with Crippen molar-refractivity contribution >= 4 is 41.2 Å². The molecular weight excluding hydrogens is 468 g/mol. The first-order chi connectivity index (χ1) is 16.8. The summed E-state index contributed by atoms with van der Waals surface area (Å²) < 4.78 is 11.3. The molecule has 1 aliphatic heterocycles. The number of urea groups is 1. The number of carbonyl (C=O) groups is 3. The Bertz CT molecular complexity index is 1370. The molecule has 0 aliphatic carbocycles. The van der Waals surface area contributed by atoms with Crippen LogP contribution in [-0.2, 0) is 16.2 Å². The van der Waals surface area contributed by atoms with Crippen LogP contribution in [0.2, 0.25) is 5.02 Å². The van der Waals surface area contributed by atoms with Crippen LogP contribution in [0.15, 0.2) is 66.2 Å². The number of anilines is 1. The second kappa shape index (κ2) is 10.0. The summed E-state index contributed by atoms with van der Waals surface area (Å²) in [5, 5.41) is 2.81. The molecule has 7 nitrogen and oxygen atoms in total. The molecule has 35 heavy (non-hydrogen) atoms. The standard InChI is InChI=1S/C27H23ClN2O5/c1-16-8-9-17(2)23(12-16)30-26(32)21(25(31)29-27(30)33)13-18-10-11-20(34-3)14-24(18)35-15-19-6-4-5-7-22(19)28/h4-14H,15H2,1-3H3,(H,29,31,33)/b21-13+. The van der Waals surface area contributed by atoms with Crippen molar-refractivity contribution in [2.24, 2.45) is 0 Å². The number of imide groups is 2. The number of benzene rings is 3. The van der Waals surface area contributed by atoms with Crippen molar-refractivity contribution in [1.29, 1.82) is 0 Å². The van der Waals surface area contributed by atoms with Gasteiger partial charge in [-0.15, -0.1) is 0 Å². The molecular formula is C27H23ClN2O5. The molecule has 0 unspecified atom stereocenters. The fourth-order valence-electron chi connectivity index (χ4n) is 3.65. The van der Waals surface area contributed by atoms with Crippen molar-refractivity contribution in [3.8, 4) is 11.5 Å². The molecule has 3 aromatic rings. The highest BCUT2D eigenvalue weighted by molar-refractivity contribution is 6.39. The average Bonchev–Trinajstić information content (AvgIpc) is 2.83. The molecule has 0 aromatic heterocycles. The summed E-state index contributed by atoms with van der Waals surface area (Å²) in [6.45, 7) is 3.81. The third-order valence-corrected chi connectivity index (χ3v) is 5.94. The Morgan fingerprint density at radius 3 is 2.51 bits per heavy atom. The zero-order chi connectivity index (χ0) is 25.1. The van der Waals surface area contributed by atoms with Crippen LogP contribution >= 0.6 is 11.6 Å². The maximum atomic E-state index is 13.4. The van der Waals surface area contributed by atoms with Crippen molar-refractivity contribution in [3.63, 3.8) is 0 Å². The van der Waals surface area contributed by atoms with Crippen LogP contribution in [0.3, 0.4) is 0 Å². The van der Waals surface area contributed by atoms with Gasteiger partial charge in [0, 0.05) is 22.2 Å². The molecule has 0 radical (unpaired) electrons. The number of halogens is 1. The van der Waals surface area contributed by atoms with E-state index in [4.69, 9.17) is 21.1 Å². The number of hydrogen-bond donors (Lipinski definition) is 1. The Balaban J connectivity index is 1.72. The monoisotopic (exact) mass is 490 g/mol. The fraction of sp³-hybridized carbons (Fsp3) is 0.148. The van der Waals surface area contributed by atoms with Gasteiger partial charge in [0.1, 0.15) is 23.7 Å². The third-order valence-electron chi connectivity index (χ3n) is 5.57. The molecule has 1 N–H and O–H groups in total. The predicted molar refractivity (Wildman–Crippen MR) is 134 cm³/mol. The van der Waals surface area contributed by atoms with Gasteiger partial charge in [0.15, 0.2) is 0 Å². The Labute approximate surface area is 207 Å². The lowest BCUT2D eigenvalue weighted by Gasteiger charge is -2.28. The average molecular weight is 491 g/mol. The van der Waals surface area contributed by atoms with E-state index < -0.39 is 17.8 Å². The second-order valence-electron chi connectivity index (χ2n) is 8.03. The topological polar surface area (TPSA) is 84.9 Å². The number of aryl methyl sites for hydroxylation is 2. The van der Waals surface area contributed by atoms with E-state index in [2.05, 4.69) is 5.32 Å². The van der Waals surface area contributed by atoms with Gasteiger partial charge < -0.3 is 9.47 Å². The lowest BCUT2D eigenvalue weighted by Crippen LogP contribution is -2.54. The first kappa shape index (κ1) is 24.0. The Kier molecular flexibility index (Phi) is 6.89. The fourth-order valence-corrected chi connectivity index (χ4v) is 3.84. The van der Waals surface area contributed by atoms with E-state index in [0.29, 0.717) is 27.8 Å². The highest BCUT2D eigenvalue weighted by Crippen LogP contribution is 2.31. The second-order valence-corrected chi connectivity index (χ2v) is 8.44. The maximum absolute atomic E-state index is 13.4. The molecule has 1 saturated heterocycles. The zero-order valence-corrected chi connectivity index (χ0v) is 20.2. The van der Waals surface area contributed by atoms with Gasteiger partial charge in [-0.2, -0.15) is 0 Å². The molecule has 8 heteroatoms. The minimum absolute atomic E-state index is 0.163. The number of nitrogens with one attached hydrogen (secondary N) is 1. The number of hydrogen-bond acceptors (Lipinski definition) is 5. The van der Waals surface area contributed by atoms with E-state index in [1.165, 1.54) is 13.2 Å². The Morgan fingerprint density at radius 2 is 1.77 bits per heavy atom. The van der Waals surface area contributed by atoms with Gasteiger partial charge in [-0.25, -0.2) is 9.69 Å². The van der Waals surface area contributed by atoms with Gasteiger partial charge in [-0.3, -0.25) is 14.9 Å². The van der Waals surface area contributed by atoms with Crippen molar-refractivity contribution in [1.82, 2.24) is 5.32 Å². The van der Waals surface area contributed by atoms with Crippen LogP contribution in [0.4, 0.5) is 10.5 Å². The van der Waals surface area contributed by atoms with Crippen molar-refractivity contribution < 1.29 is 23.9 Å². The normalized spacial score (nSPS) is 14.8. The lowest BCUT2D eigenvalue weighted by atomic mass is 10.0. The highest BCUT2D eigenvalue weighted by Gasteiger charge is 2.37. The SMILES string of the molecule is COc1ccc(/C=C2\C(=O)NC(=O)N(c3cc(C)ccc3C)C2=O)c(OCc2ccccc2Cl)c1. The minimum atomic E-state index is -0.796. The number of rotatable bonds is 6. The summed E-state index contributed by atoms with van der Waals surface area (Å²) >= 11 is 6.24. The van der Waals surface area contributed by atoms with E-state index in [-0.39, 0.29) is 12.2 Å². The first-order valence-corrected chi connectivity index (χ1v) is 11.2. The molecule has 0 atom stereocenters. The summed E-state index contributed by atoms with van der Waals surface area (Å²) in [5.74, 6) is -0.588. The van der Waals surface area contributed by atoms with E-state index in [1.807, 2.05) is 37.3 Å². The molecule has 0 bridgehead atoms. The predicted octanol–water partition coefficient (Wildman–Crippen LogP) is 5.21. The molecule has 4 rings (SSSR count). The van der Waals surface area contributed by atoms with Gasteiger partial charge in [0.05, 0.1) is 12.8 Å². The van der Waals surface area contributed by atoms with Crippen LogP contribution in [-0.4, -0.2) is 25.0 Å². The first-order valence-electron chi connectivity index (χ1n) is 10.8. The van der Waals surface area contributed by atoms with Gasteiger partial charge in [-0.05, 0) is 55.3 Å². The molecule has 0 spiro atoms. The summed E-state index contributed by atoms with van der Waals surface area (Å²) in [4.78, 5) is 39.6. The quantitative estimate of drug-likeness (QED) is 0.378. The van der Waals surface area contributed by atoms with Gasteiger partial charge in [0.2, 0.25) is 0 Å². The summed E-state index contributed by atoms with van der Waals surface area (Å²) in [5.41, 5.74) is 3.05. The molecule has 4 amide bonds. The van der Waals surface area contributed by atoms with Crippen LogP contribution in [0.1, 0.15) is 22.3 Å². The van der Waals surface area contributed by atoms with Gasteiger partial charge >= 0.3 is 6.03 Å². The van der Waals surface area contributed by atoms with E-state index in [9.17, 15) is 14.4 Å². The summed E-state index contributed by atoms with van der Waals surface area (Å²) in [7, 11) is 1.52. The molecule has 0 saturated carbocycles. The van der Waals surface area contributed by atoms with Crippen LogP contribution in [0.5, 0.6) is 11.5 Å². The number of methoxy groups -OCH3 is 1. The van der Waals surface area contributed by atoms with Crippen LogP contribution < -0.4 is 19.7 Å². The Hall–Kier alpha value is -4.10. The summed E-state index contributed by atoms with van der Waals surface area (Å²) in [6.07, 6.45) is 1.41. The number of nitrogens with zero attached hydrogens (tertiary/aromatic N) is 1. The molecule has 178 valence electrons. The lowest BCUT2D eigenvalue weighted by molar-refractivity contribution is -0.122. The molecule has 1 aliphatic rings. The van der Waals surface area contributed by atoms with E-state index >= 15 is 0 Å². The zero-order valence-electron chi connectivity index (χ0n) is 19.4. The Morgan fingerprint density at radius 1 is 1.00 bits per heavy atom. The largest absolute Gasteiger partial charge is 0.497 e. The number of ether oxygens (including phenoxy) is 2. The van der Waals surface area contributed by atoms with Crippen LogP contribution in [0.25, 0.3) is 6.08 Å². The van der Waals surface area contributed by atoms with Crippen molar-refractivity contribution in [2.45, 2.75) is 20.5 Å². The molecule has 1 fully saturated rings. The number of amides is 4. The van der Waals surface area contributed by atoms with E-state index in [0.717, 1.165) is 21.6 Å². The van der Waals surface area contributed by atoms with Crippen LogP contribution in [0, 0.1) is 13.8 Å². The highest BCUT2D eigenvalue weighted by atomic mass is 35.5. The smallest absolute Gasteiger partial charge is 0.335 e. The minimum Gasteiger partial charge on any atom is -0.497 e. The van der Waals surface area contributed by atoms with Gasteiger partial charge in [0.25, 0.3) is 11.8 Å². The van der Waals surface area contributed by atoms with Gasteiger partial charge in [-0.1, -0.05) is 41.9 Å². The number of barbiturate groups is 1. The van der Waals surface area contributed by atoms with Crippen molar-refractivity contribution in [3.05, 3.63) is 93.5 Å². The third kappa shape index (κ3) is 5.05.